The second kappa shape index (κ2) is 3.64. The van der Waals surface area contributed by atoms with Crippen molar-refractivity contribution in [3.63, 3.8) is 0 Å². The van der Waals surface area contributed by atoms with Crippen molar-refractivity contribution in [2.75, 3.05) is 0 Å². The Morgan fingerprint density at radius 1 is 1.00 bits per heavy atom. The molecule has 0 saturated heterocycles. The maximum absolute atomic E-state index is 3.09. The van der Waals surface area contributed by atoms with Crippen molar-refractivity contribution in [1.29, 1.82) is 0 Å². The van der Waals surface area contributed by atoms with E-state index in [1.807, 2.05) is 0 Å². The van der Waals surface area contributed by atoms with Crippen molar-refractivity contribution in [3.8, 4) is 10.0 Å². The molecule has 0 fully saturated rings. The van der Waals surface area contributed by atoms with Crippen molar-refractivity contribution in [1.82, 2.24) is 0 Å². The number of hydrogen-bond donors (Lipinski definition) is 0. The monoisotopic (exact) mass is 287 g/mol. The van der Waals surface area contributed by atoms with Crippen LogP contribution in [0, 0.1) is 0 Å². The minimum absolute atomic E-state index is 0.542. The number of hydrogen-bond acceptors (Lipinski definition) is 0. The van der Waals surface area contributed by atoms with E-state index in [0.717, 1.165) is 0 Å². The van der Waals surface area contributed by atoms with Gasteiger partial charge in [-0.3, -0.25) is 0 Å². The average Bonchev–Trinajstić information content (AvgIpc) is 2.57. The molecule has 1 radical (unpaired) electrons. The molecule has 0 nitrogen and oxygen atoms in total. The molecule has 59 valence electrons. The summed E-state index contributed by atoms with van der Waals surface area (Å²) in [4.78, 5) is 2.24. The number of rotatable bonds is 1. The van der Waals surface area contributed by atoms with Crippen molar-refractivity contribution < 1.29 is 0 Å². The zero-order valence-corrected chi connectivity index (χ0v) is 9.78. The molecular weight excluding hydrogens is 278 g/mol. The van der Waals surface area contributed by atoms with Gasteiger partial charge in [-0.2, -0.15) is 0 Å². The van der Waals surface area contributed by atoms with Crippen LogP contribution in [0.5, 0.6) is 0 Å². The van der Waals surface area contributed by atoms with Crippen LogP contribution in [0.3, 0.4) is 0 Å². The quantitative estimate of drug-likeness (QED) is 0.691. The second-order valence-corrected chi connectivity index (χ2v) is 5.38. The molecule has 0 spiro atoms. The van der Waals surface area contributed by atoms with Gasteiger partial charge in [0.15, 0.2) is 0 Å². The molecule has 0 bridgehead atoms. The fourth-order valence-corrected chi connectivity index (χ4v) is 3.57. The van der Waals surface area contributed by atoms with E-state index in [1.165, 1.54) is 14.5 Å². The van der Waals surface area contributed by atoms with Crippen LogP contribution in [0.2, 0.25) is 0 Å². The molecule has 1 heterocycles. The standard InChI is InChI=1S/C10H7Se2/c11-9-5-2-1-4-8(9)10-6-3-7-12-10/h1-7H. The molecule has 1 aromatic carbocycles. The predicted octanol–water partition coefficient (Wildman–Crippen LogP) is 1.20. The molecule has 1 aromatic heterocycles. The Morgan fingerprint density at radius 2 is 1.83 bits per heavy atom. The number of benzene rings is 1. The molecule has 0 N–H and O–H groups in total. The third-order valence-corrected chi connectivity index (χ3v) is 4.32. The van der Waals surface area contributed by atoms with E-state index in [0.29, 0.717) is 14.5 Å². The van der Waals surface area contributed by atoms with E-state index in [4.69, 9.17) is 0 Å². The summed E-state index contributed by atoms with van der Waals surface area (Å²) in [5.74, 6) is 0. The molecule has 0 amide bonds. The summed E-state index contributed by atoms with van der Waals surface area (Å²) in [5.41, 5.74) is 1.36. The molecule has 2 heteroatoms. The first-order valence-electron chi connectivity index (χ1n) is 3.68. The molecule has 0 aliphatic heterocycles. The summed E-state index contributed by atoms with van der Waals surface area (Å²) in [7, 11) is 0. The first-order valence-corrected chi connectivity index (χ1v) is 6.38. The molecule has 0 atom stereocenters. The van der Waals surface area contributed by atoms with Crippen LogP contribution in [0.25, 0.3) is 10.0 Å². The Kier molecular flexibility index (Phi) is 2.53. The van der Waals surface area contributed by atoms with Crippen molar-refractivity contribution in [2.45, 2.75) is 0 Å². The van der Waals surface area contributed by atoms with Crippen LogP contribution in [-0.4, -0.2) is 30.5 Å². The normalized spacial score (nSPS) is 10.0. The molecular formula is C10H7Se2. The van der Waals surface area contributed by atoms with E-state index in [9.17, 15) is 0 Å². The minimum atomic E-state index is 0.542. The van der Waals surface area contributed by atoms with Crippen LogP contribution in [-0.2, 0) is 0 Å². The van der Waals surface area contributed by atoms with Crippen molar-refractivity contribution in [3.05, 3.63) is 41.3 Å². The summed E-state index contributed by atoms with van der Waals surface area (Å²) < 4.78 is 2.73. The van der Waals surface area contributed by atoms with Crippen LogP contribution < -0.4 is 4.46 Å². The van der Waals surface area contributed by atoms with Crippen molar-refractivity contribution >= 4 is 35.0 Å². The van der Waals surface area contributed by atoms with Gasteiger partial charge in [0.05, 0.1) is 0 Å². The Morgan fingerprint density at radius 3 is 2.50 bits per heavy atom. The molecule has 2 rings (SSSR count). The zero-order valence-electron chi connectivity index (χ0n) is 6.36. The average molecular weight is 285 g/mol. The summed E-state index contributed by atoms with van der Waals surface area (Å²) in [5, 5.41) is 0. The molecule has 2 aromatic rings. The van der Waals surface area contributed by atoms with E-state index < -0.39 is 0 Å². The third kappa shape index (κ3) is 1.57. The predicted molar refractivity (Wildman–Crippen MR) is 54.2 cm³/mol. The van der Waals surface area contributed by atoms with Gasteiger partial charge in [-0.05, 0) is 0 Å². The van der Waals surface area contributed by atoms with Gasteiger partial charge in [0, 0.05) is 0 Å². The van der Waals surface area contributed by atoms with Crippen LogP contribution in [0.15, 0.2) is 41.3 Å². The van der Waals surface area contributed by atoms with Crippen molar-refractivity contribution in [2.24, 2.45) is 0 Å². The molecule has 0 unspecified atom stereocenters. The molecule has 0 aliphatic carbocycles. The Labute approximate surface area is 86.2 Å². The fraction of sp³-hybridized carbons (Fsp3) is 0. The topological polar surface area (TPSA) is 0 Å². The third-order valence-electron chi connectivity index (χ3n) is 1.67. The van der Waals surface area contributed by atoms with E-state index >= 15 is 0 Å². The van der Waals surface area contributed by atoms with Gasteiger partial charge in [-0.1, -0.05) is 0 Å². The molecule has 0 aliphatic rings. The molecule has 0 saturated carbocycles. The Balaban J connectivity index is 2.55. The van der Waals surface area contributed by atoms with Gasteiger partial charge in [0.2, 0.25) is 0 Å². The summed E-state index contributed by atoms with van der Waals surface area (Å²) >= 11 is 3.63. The maximum atomic E-state index is 3.09. The first-order chi connectivity index (χ1) is 5.88. The SMILES string of the molecule is [Se]c1ccccc1-c1ccc[se]1. The Hall–Kier alpha value is -0.261. The van der Waals surface area contributed by atoms with Crippen LogP contribution in [0.4, 0.5) is 0 Å². The zero-order chi connectivity index (χ0) is 8.39. The van der Waals surface area contributed by atoms with E-state index in [1.54, 1.807) is 0 Å². The second-order valence-electron chi connectivity index (χ2n) is 2.47. The van der Waals surface area contributed by atoms with Crippen LogP contribution in [0.1, 0.15) is 0 Å². The summed E-state index contributed by atoms with van der Waals surface area (Å²) in [6.45, 7) is 0. The summed E-state index contributed by atoms with van der Waals surface area (Å²) in [6.07, 6.45) is 0. The van der Waals surface area contributed by atoms with Gasteiger partial charge in [0.1, 0.15) is 0 Å². The van der Waals surface area contributed by atoms with Gasteiger partial charge < -0.3 is 0 Å². The molecule has 12 heavy (non-hydrogen) atoms. The van der Waals surface area contributed by atoms with Gasteiger partial charge >= 0.3 is 86.3 Å². The fourth-order valence-electron chi connectivity index (χ4n) is 1.10. The van der Waals surface area contributed by atoms with Gasteiger partial charge in [-0.15, -0.1) is 0 Å². The Bertz CT molecular complexity index is 363. The summed E-state index contributed by atoms with van der Waals surface area (Å²) in [6, 6.07) is 12.8. The first kappa shape index (κ1) is 8.34. The van der Waals surface area contributed by atoms with E-state index in [2.05, 4.69) is 57.4 Å². The van der Waals surface area contributed by atoms with Gasteiger partial charge in [0.25, 0.3) is 0 Å². The van der Waals surface area contributed by atoms with Crippen LogP contribution >= 0.6 is 0 Å². The van der Waals surface area contributed by atoms with Gasteiger partial charge in [-0.25, -0.2) is 0 Å². The van der Waals surface area contributed by atoms with E-state index in [-0.39, 0.29) is 0 Å².